The molecule has 13 heavy (non-hydrogen) atoms. The zero-order chi connectivity index (χ0) is 9.68. The maximum Gasteiger partial charge on any atom is 0.312 e. The molecule has 2 atom stereocenters. The Labute approximate surface area is 78.5 Å². The fraction of sp³-hybridized carbons (Fsp3) is 0.889. The number of amides is 2. The van der Waals surface area contributed by atoms with Gasteiger partial charge in [0.2, 0.25) is 0 Å². The van der Waals surface area contributed by atoms with Crippen molar-refractivity contribution in [2.45, 2.75) is 25.7 Å². The molecule has 76 valence electrons. The molecule has 4 heteroatoms. The highest BCUT2D eigenvalue weighted by atomic mass is 16.3. The van der Waals surface area contributed by atoms with Crippen LogP contribution in [-0.2, 0) is 0 Å². The summed E-state index contributed by atoms with van der Waals surface area (Å²) in [5.74, 6) is 0.756. The van der Waals surface area contributed by atoms with Crippen LogP contribution in [0.5, 0.6) is 0 Å². The summed E-state index contributed by atoms with van der Waals surface area (Å²) in [6.07, 6.45) is 4.55. The molecule has 2 unspecified atom stereocenters. The van der Waals surface area contributed by atoms with Crippen LogP contribution < -0.4 is 11.1 Å². The smallest absolute Gasteiger partial charge is 0.312 e. The number of urea groups is 1. The molecule has 0 saturated heterocycles. The molecule has 0 spiro atoms. The van der Waals surface area contributed by atoms with E-state index in [-0.39, 0.29) is 6.61 Å². The molecule has 0 aromatic heterocycles. The zero-order valence-corrected chi connectivity index (χ0v) is 7.83. The van der Waals surface area contributed by atoms with Crippen molar-refractivity contribution in [2.24, 2.45) is 17.6 Å². The van der Waals surface area contributed by atoms with Crippen LogP contribution in [0.25, 0.3) is 0 Å². The average molecular weight is 186 g/mol. The second kappa shape index (κ2) is 5.07. The van der Waals surface area contributed by atoms with E-state index in [0.29, 0.717) is 18.4 Å². The summed E-state index contributed by atoms with van der Waals surface area (Å²) in [7, 11) is 0. The van der Waals surface area contributed by atoms with Crippen LogP contribution in [0.4, 0.5) is 4.79 Å². The number of nitrogens with two attached hydrogens (primary N) is 1. The van der Waals surface area contributed by atoms with Crippen molar-refractivity contribution >= 4 is 6.03 Å². The van der Waals surface area contributed by atoms with E-state index in [1.807, 2.05) is 0 Å². The summed E-state index contributed by atoms with van der Waals surface area (Å²) >= 11 is 0. The number of hydrogen-bond donors (Lipinski definition) is 3. The lowest BCUT2D eigenvalue weighted by Crippen LogP contribution is -2.38. The van der Waals surface area contributed by atoms with Crippen LogP contribution in [0.2, 0.25) is 0 Å². The number of hydrogen-bond acceptors (Lipinski definition) is 2. The Morgan fingerprint density at radius 2 is 2.00 bits per heavy atom. The molecular formula is C9H18N2O2. The van der Waals surface area contributed by atoms with E-state index in [1.54, 1.807) is 0 Å². The van der Waals surface area contributed by atoms with Gasteiger partial charge in [-0.25, -0.2) is 4.79 Å². The lowest BCUT2D eigenvalue weighted by atomic mass is 9.80. The van der Waals surface area contributed by atoms with E-state index in [1.165, 1.54) is 12.8 Å². The van der Waals surface area contributed by atoms with Gasteiger partial charge in [0.25, 0.3) is 0 Å². The zero-order valence-electron chi connectivity index (χ0n) is 7.83. The fourth-order valence-electron chi connectivity index (χ4n) is 2.03. The minimum Gasteiger partial charge on any atom is -0.396 e. The third-order valence-corrected chi connectivity index (χ3v) is 2.84. The first kappa shape index (κ1) is 10.3. The van der Waals surface area contributed by atoms with Crippen molar-refractivity contribution in [3.63, 3.8) is 0 Å². The van der Waals surface area contributed by atoms with Gasteiger partial charge in [0.1, 0.15) is 0 Å². The summed E-state index contributed by atoms with van der Waals surface area (Å²) in [4.78, 5) is 10.5. The van der Waals surface area contributed by atoms with Gasteiger partial charge in [0, 0.05) is 13.2 Å². The standard InChI is InChI=1S/C9H18N2O2/c10-9(13)11-5-7-3-1-2-4-8(7)6-12/h7-8,12H,1-6H2,(H3,10,11,13). The van der Waals surface area contributed by atoms with E-state index in [0.717, 1.165) is 12.8 Å². The summed E-state index contributed by atoms with van der Waals surface area (Å²) in [6.45, 7) is 0.839. The van der Waals surface area contributed by atoms with Crippen molar-refractivity contribution in [1.82, 2.24) is 5.32 Å². The number of rotatable bonds is 3. The quantitative estimate of drug-likeness (QED) is 0.598. The van der Waals surface area contributed by atoms with Gasteiger partial charge in [-0.05, 0) is 24.7 Å². The SMILES string of the molecule is NC(=O)NCC1CCCCC1CO. The Hall–Kier alpha value is -0.770. The molecule has 2 amide bonds. The maximum atomic E-state index is 10.5. The third-order valence-electron chi connectivity index (χ3n) is 2.84. The van der Waals surface area contributed by atoms with Crippen molar-refractivity contribution in [3.05, 3.63) is 0 Å². The number of aliphatic hydroxyl groups is 1. The van der Waals surface area contributed by atoms with E-state index in [9.17, 15) is 4.79 Å². The van der Waals surface area contributed by atoms with Gasteiger partial charge in [-0.2, -0.15) is 0 Å². The van der Waals surface area contributed by atoms with Crippen LogP contribution in [0.1, 0.15) is 25.7 Å². The van der Waals surface area contributed by atoms with Crippen molar-refractivity contribution in [2.75, 3.05) is 13.2 Å². The lowest BCUT2D eigenvalue weighted by molar-refractivity contribution is 0.134. The molecule has 4 nitrogen and oxygen atoms in total. The predicted octanol–water partition coefficient (Wildman–Crippen LogP) is 0.453. The Balaban J connectivity index is 2.31. The minimum absolute atomic E-state index is 0.227. The normalized spacial score (nSPS) is 28.4. The molecule has 1 rings (SSSR count). The minimum atomic E-state index is -0.470. The number of aliphatic hydroxyl groups excluding tert-OH is 1. The molecule has 0 aliphatic heterocycles. The van der Waals surface area contributed by atoms with Gasteiger partial charge >= 0.3 is 6.03 Å². The van der Waals surface area contributed by atoms with Crippen molar-refractivity contribution < 1.29 is 9.90 Å². The molecule has 1 aliphatic rings. The van der Waals surface area contributed by atoms with Crippen LogP contribution in [0, 0.1) is 11.8 Å². The van der Waals surface area contributed by atoms with Gasteiger partial charge in [-0.3, -0.25) is 0 Å². The van der Waals surface area contributed by atoms with Crippen LogP contribution in [0.3, 0.4) is 0 Å². The summed E-state index contributed by atoms with van der Waals surface area (Å²) in [5.41, 5.74) is 4.98. The topological polar surface area (TPSA) is 75.4 Å². The van der Waals surface area contributed by atoms with E-state index < -0.39 is 6.03 Å². The molecule has 1 fully saturated rings. The van der Waals surface area contributed by atoms with Crippen LogP contribution in [0.15, 0.2) is 0 Å². The van der Waals surface area contributed by atoms with Gasteiger partial charge in [0.15, 0.2) is 0 Å². The molecule has 4 N–H and O–H groups in total. The molecule has 1 aliphatic carbocycles. The summed E-state index contributed by atoms with van der Waals surface area (Å²) < 4.78 is 0. The predicted molar refractivity (Wildman–Crippen MR) is 50.1 cm³/mol. The molecule has 0 bridgehead atoms. The molecule has 0 aromatic carbocycles. The summed E-state index contributed by atoms with van der Waals surface area (Å²) in [5, 5.41) is 11.7. The molecule has 0 heterocycles. The van der Waals surface area contributed by atoms with E-state index in [4.69, 9.17) is 10.8 Å². The van der Waals surface area contributed by atoms with E-state index in [2.05, 4.69) is 5.32 Å². The third kappa shape index (κ3) is 3.22. The lowest BCUT2D eigenvalue weighted by Gasteiger charge is -2.29. The largest absolute Gasteiger partial charge is 0.396 e. The highest BCUT2D eigenvalue weighted by molar-refractivity contribution is 5.71. The van der Waals surface area contributed by atoms with Gasteiger partial charge in [-0.1, -0.05) is 12.8 Å². The number of carbonyl (C=O) groups is 1. The molecule has 0 aromatic rings. The second-order valence-corrected chi connectivity index (χ2v) is 3.73. The van der Waals surface area contributed by atoms with Crippen LogP contribution >= 0.6 is 0 Å². The number of nitrogens with one attached hydrogen (secondary N) is 1. The van der Waals surface area contributed by atoms with Crippen molar-refractivity contribution in [1.29, 1.82) is 0 Å². The molecular weight excluding hydrogens is 168 g/mol. The highest BCUT2D eigenvalue weighted by Crippen LogP contribution is 2.28. The first-order valence-electron chi connectivity index (χ1n) is 4.88. The first-order valence-corrected chi connectivity index (χ1v) is 4.88. The van der Waals surface area contributed by atoms with Crippen LogP contribution in [-0.4, -0.2) is 24.3 Å². The number of carbonyl (C=O) groups excluding carboxylic acids is 1. The first-order chi connectivity index (χ1) is 6.24. The average Bonchev–Trinajstić information content (AvgIpc) is 2.15. The highest BCUT2D eigenvalue weighted by Gasteiger charge is 2.24. The van der Waals surface area contributed by atoms with Crippen molar-refractivity contribution in [3.8, 4) is 0 Å². The van der Waals surface area contributed by atoms with Gasteiger partial charge in [0.05, 0.1) is 0 Å². The second-order valence-electron chi connectivity index (χ2n) is 3.73. The maximum absolute atomic E-state index is 10.5. The Bertz CT molecular complexity index is 173. The number of primary amides is 1. The molecule has 1 saturated carbocycles. The van der Waals surface area contributed by atoms with Gasteiger partial charge < -0.3 is 16.2 Å². The Morgan fingerprint density at radius 3 is 2.54 bits per heavy atom. The Morgan fingerprint density at radius 1 is 1.38 bits per heavy atom. The Kier molecular flexibility index (Phi) is 4.02. The molecule has 0 radical (unpaired) electrons. The fourth-order valence-corrected chi connectivity index (χ4v) is 2.03. The van der Waals surface area contributed by atoms with Gasteiger partial charge in [-0.15, -0.1) is 0 Å². The summed E-state index contributed by atoms with van der Waals surface area (Å²) in [6, 6.07) is -0.470. The monoisotopic (exact) mass is 186 g/mol. The van der Waals surface area contributed by atoms with E-state index >= 15 is 0 Å².